The van der Waals surface area contributed by atoms with Gasteiger partial charge < -0.3 is 0 Å². The van der Waals surface area contributed by atoms with Crippen molar-refractivity contribution in [2.24, 2.45) is 4.99 Å². The number of fused-ring (bicyclic) bond motifs is 1. The average molecular weight is 153 g/mol. The summed E-state index contributed by atoms with van der Waals surface area (Å²) in [5.74, 6) is 0. The van der Waals surface area contributed by atoms with Gasteiger partial charge in [0.15, 0.2) is 0 Å². The van der Waals surface area contributed by atoms with Crippen LogP contribution in [0.2, 0.25) is 0 Å². The van der Waals surface area contributed by atoms with E-state index in [4.69, 9.17) is 0 Å². The van der Waals surface area contributed by atoms with Crippen LogP contribution in [0, 0.1) is 0 Å². The predicted octanol–water partition coefficient (Wildman–Crippen LogP) is 2.24. The summed E-state index contributed by atoms with van der Waals surface area (Å²) in [6.45, 7) is 3.99. The second-order valence-corrected chi connectivity index (χ2v) is 4.08. The summed E-state index contributed by atoms with van der Waals surface area (Å²) >= 11 is 1.90. The van der Waals surface area contributed by atoms with Gasteiger partial charge in [0, 0.05) is 5.25 Å². The summed E-state index contributed by atoms with van der Waals surface area (Å²) in [7, 11) is 0. The van der Waals surface area contributed by atoms with Gasteiger partial charge in [-0.1, -0.05) is 12.2 Å². The zero-order chi connectivity index (χ0) is 6.97. The Balaban J connectivity index is 2.08. The number of rotatable bonds is 0. The van der Waals surface area contributed by atoms with Crippen LogP contribution < -0.4 is 0 Å². The largest absolute Gasteiger partial charge is 0.282 e. The number of hydrogen-bond acceptors (Lipinski definition) is 2. The number of aliphatic imine (C=N–C) groups is 1. The van der Waals surface area contributed by atoms with Crippen molar-refractivity contribution >= 4 is 17.3 Å². The Morgan fingerprint density at radius 2 is 2.60 bits per heavy atom. The Labute approximate surface area is 65.6 Å². The van der Waals surface area contributed by atoms with Crippen molar-refractivity contribution < 1.29 is 0 Å². The topological polar surface area (TPSA) is 12.4 Å². The maximum Gasteiger partial charge on any atom is 0.0665 e. The lowest BCUT2D eigenvalue weighted by molar-refractivity contribution is 0.545. The normalized spacial score (nSPS) is 38.2. The zero-order valence-corrected chi connectivity index (χ0v) is 6.73. The highest BCUT2D eigenvalue weighted by atomic mass is 32.2. The molecule has 1 saturated carbocycles. The Morgan fingerprint density at radius 1 is 1.70 bits per heavy atom. The Morgan fingerprint density at radius 3 is 3.50 bits per heavy atom. The third-order valence-electron chi connectivity index (χ3n) is 2.20. The van der Waals surface area contributed by atoms with Gasteiger partial charge in [-0.3, -0.25) is 4.99 Å². The minimum atomic E-state index is 0.575. The van der Waals surface area contributed by atoms with E-state index in [-0.39, 0.29) is 0 Å². The molecule has 1 heterocycles. The van der Waals surface area contributed by atoms with Crippen LogP contribution in [0.4, 0.5) is 0 Å². The summed E-state index contributed by atoms with van der Waals surface area (Å²) in [6.07, 6.45) is 3.64. The summed E-state index contributed by atoms with van der Waals surface area (Å²) in [5.41, 5.74) is 3.40. The van der Waals surface area contributed by atoms with Crippen molar-refractivity contribution in [3.63, 3.8) is 0 Å². The molecule has 2 unspecified atom stereocenters. The molecule has 0 aromatic heterocycles. The molecule has 1 nitrogen and oxygen atoms in total. The molecule has 1 fully saturated rings. The molecule has 2 aliphatic rings. The SMILES string of the molecule is C=C1CCC2SC=NC2C1. The van der Waals surface area contributed by atoms with Gasteiger partial charge in [0.2, 0.25) is 0 Å². The number of thioether (sulfide) groups is 1. The highest BCUT2D eigenvalue weighted by molar-refractivity contribution is 8.12. The van der Waals surface area contributed by atoms with E-state index in [1.807, 2.05) is 17.3 Å². The minimum absolute atomic E-state index is 0.575. The van der Waals surface area contributed by atoms with E-state index in [0.717, 1.165) is 11.7 Å². The Kier molecular flexibility index (Phi) is 1.57. The van der Waals surface area contributed by atoms with Gasteiger partial charge in [-0.25, -0.2) is 0 Å². The molecule has 0 amide bonds. The lowest BCUT2D eigenvalue weighted by Crippen LogP contribution is -2.22. The van der Waals surface area contributed by atoms with Gasteiger partial charge >= 0.3 is 0 Å². The first-order valence-electron chi connectivity index (χ1n) is 3.70. The average Bonchev–Trinajstić information content (AvgIpc) is 2.33. The quantitative estimate of drug-likeness (QED) is 0.486. The highest BCUT2D eigenvalue weighted by Gasteiger charge is 2.28. The van der Waals surface area contributed by atoms with E-state index in [9.17, 15) is 0 Å². The first-order chi connectivity index (χ1) is 4.86. The highest BCUT2D eigenvalue weighted by Crippen LogP contribution is 2.35. The number of nitrogens with zero attached hydrogens (tertiary/aromatic N) is 1. The molecule has 1 aliphatic heterocycles. The van der Waals surface area contributed by atoms with Gasteiger partial charge in [0.1, 0.15) is 0 Å². The van der Waals surface area contributed by atoms with E-state index in [0.29, 0.717) is 6.04 Å². The van der Waals surface area contributed by atoms with Gasteiger partial charge in [-0.05, 0) is 19.3 Å². The maximum atomic E-state index is 4.39. The lowest BCUT2D eigenvalue weighted by atomic mass is 9.92. The molecule has 2 rings (SSSR count). The molecule has 2 atom stereocenters. The van der Waals surface area contributed by atoms with Crippen LogP contribution in [0.5, 0.6) is 0 Å². The number of hydrogen-bond donors (Lipinski definition) is 0. The fourth-order valence-electron chi connectivity index (χ4n) is 1.57. The zero-order valence-electron chi connectivity index (χ0n) is 5.92. The van der Waals surface area contributed by atoms with Crippen LogP contribution in [0.1, 0.15) is 19.3 Å². The van der Waals surface area contributed by atoms with Crippen LogP contribution in [0.3, 0.4) is 0 Å². The Bertz CT molecular complexity index is 186. The molecular weight excluding hydrogens is 142 g/mol. The summed E-state index contributed by atoms with van der Waals surface area (Å²) < 4.78 is 0. The Hall–Kier alpha value is -0.240. The first kappa shape index (κ1) is 6.47. The van der Waals surface area contributed by atoms with Crippen molar-refractivity contribution in [1.82, 2.24) is 0 Å². The van der Waals surface area contributed by atoms with Crippen LogP contribution >= 0.6 is 11.8 Å². The third kappa shape index (κ3) is 1.01. The van der Waals surface area contributed by atoms with Crippen LogP contribution in [-0.4, -0.2) is 16.8 Å². The molecular formula is C8H11NS. The summed E-state index contributed by atoms with van der Waals surface area (Å²) in [5, 5.41) is 0.783. The lowest BCUT2D eigenvalue weighted by Gasteiger charge is -2.23. The predicted molar refractivity (Wildman–Crippen MR) is 46.7 cm³/mol. The minimum Gasteiger partial charge on any atom is -0.282 e. The molecule has 0 bridgehead atoms. The molecule has 0 aromatic rings. The summed E-state index contributed by atoms with van der Waals surface area (Å²) in [6, 6.07) is 0.575. The fraction of sp³-hybridized carbons (Fsp3) is 0.625. The standard InChI is InChI=1S/C8H11NS/c1-6-2-3-8-7(4-6)9-5-10-8/h5,7-8H,1-4H2. The van der Waals surface area contributed by atoms with Crippen molar-refractivity contribution in [3.8, 4) is 0 Å². The smallest absolute Gasteiger partial charge is 0.0665 e. The molecule has 1 aliphatic carbocycles. The molecule has 0 saturated heterocycles. The molecule has 0 N–H and O–H groups in total. The van der Waals surface area contributed by atoms with E-state index < -0.39 is 0 Å². The van der Waals surface area contributed by atoms with E-state index in [1.54, 1.807) is 0 Å². The molecule has 2 heteroatoms. The van der Waals surface area contributed by atoms with Crippen molar-refractivity contribution in [2.45, 2.75) is 30.6 Å². The van der Waals surface area contributed by atoms with Crippen LogP contribution in [-0.2, 0) is 0 Å². The van der Waals surface area contributed by atoms with Crippen molar-refractivity contribution in [3.05, 3.63) is 12.2 Å². The second kappa shape index (κ2) is 2.42. The van der Waals surface area contributed by atoms with Crippen LogP contribution in [0.15, 0.2) is 17.1 Å². The second-order valence-electron chi connectivity index (χ2n) is 2.99. The van der Waals surface area contributed by atoms with Gasteiger partial charge in [-0.15, -0.1) is 11.8 Å². The van der Waals surface area contributed by atoms with Crippen molar-refractivity contribution in [1.29, 1.82) is 0 Å². The van der Waals surface area contributed by atoms with E-state index >= 15 is 0 Å². The molecule has 0 spiro atoms. The molecule has 0 aromatic carbocycles. The molecule has 54 valence electrons. The maximum absolute atomic E-state index is 4.39. The third-order valence-corrected chi connectivity index (χ3v) is 3.34. The van der Waals surface area contributed by atoms with Gasteiger partial charge in [0.05, 0.1) is 11.6 Å². The van der Waals surface area contributed by atoms with Crippen molar-refractivity contribution in [2.75, 3.05) is 0 Å². The van der Waals surface area contributed by atoms with E-state index in [1.165, 1.54) is 18.4 Å². The monoisotopic (exact) mass is 153 g/mol. The van der Waals surface area contributed by atoms with Gasteiger partial charge in [-0.2, -0.15) is 0 Å². The fourth-order valence-corrected chi connectivity index (χ4v) is 2.55. The van der Waals surface area contributed by atoms with Crippen LogP contribution in [0.25, 0.3) is 0 Å². The first-order valence-corrected chi connectivity index (χ1v) is 4.64. The van der Waals surface area contributed by atoms with E-state index in [2.05, 4.69) is 11.6 Å². The van der Waals surface area contributed by atoms with Gasteiger partial charge in [0.25, 0.3) is 0 Å². The summed E-state index contributed by atoms with van der Waals surface area (Å²) in [4.78, 5) is 4.39. The molecule has 10 heavy (non-hydrogen) atoms. The molecule has 0 radical (unpaired) electrons.